The van der Waals surface area contributed by atoms with Gasteiger partial charge >= 0.3 is 0 Å². The standard InChI is InChI=1S/C13H19N3O2/c1-9-4-5-12(18-3)13(14-9)16-7-6-11(8-16)15-10(2)17/h4-5,11H,6-8H2,1-3H3,(H,15,17). The van der Waals surface area contributed by atoms with Gasteiger partial charge in [-0.05, 0) is 25.5 Å². The molecule has 1 N–H and O–H groups in total. The topological polar surface area (TPSA) is 54.5 Å². The van der Waals surface area contributed by atoms with Crippen molar-refractivity contribution in [2.45, 2.75) is 26.3 Å². The molecule has 5 nitrogen and oxygen atoms in total. The van der Waals surface area contributed by atoms with Crippen LogP contribution in [0.3, 0.4) is 0 Å². The van der Waals surface area contributed by atoms with Crippen molar-refractivity contribution in [1.29, 1.82) is 0 Å². The van der Waals surface area contributed by atoms with E-state index in [1.54, 1.807) is 14.0 Å². The Hall–Kier alpha value is -1.78. The van der Waals surface area contributed by atoms with Gasteiger partial charge in [0.25, 0.3) is 0 Å². The summed E-state index contributed by atoms with van der Waals surface area (Å²) in [6.45, 7) is 5.18. The molecule has 0 spiro atoms. The monoisotopic (exact) mass is 249 g/mol. The quantitative estimate of drug-likeness (QED) is 0.872. The zero-order valence-electron chi connectivity index (χ0n) is 11.1. The molecule has 18 heavy (non-hydrogen) atoms. The van der Waals surface area contributed by atoms with Crippen molar-refractivity contribution in [2.75, 3.05) is 25.1 Å². The van der Waals surface area contributed by atoms with E-state index in [9.17, 15) is 4.79 Å². The van der Waals surface area contributed by atoms with Crippen molar-refractivity contribution in [3.63, 3.8) is 0 Å². The summed E-state index contributed by atoms with van der Waals surface area (Å²) in [5.41, 5.74) is 0.966. The first kappa shape index (κ1) is 12.7. The number of carbonyl (C=O) groups is 1. The molecule has 2 rings (SSSR count). The predicted octanol–water partition coefficient (Wildman–Crippen LogP) is 1.11. The van der Waals surface area contributed by atoms with Crippen LogP contribution in [0.2, 0.25) is 0 Å². The molecule has 0 bridgehead atoms. The second kappa shape index (κ2) is 5.25. The Bertz CT molecular complexity index is 448. The van der Waals surface area contributed by atoms with Gasteiger partial charge in [0, 0.05) is 31.7 Å². The molecule has 1 fully saturated rings. The van der Waals surface area contributed by atoms with Crippen LogP contribution in [0.25, 0.3) is 0 Å². The minimum atomic E-state index is 0.0195. The van der Waals surface area contributed by atoms with Gasteiger partial charge in [0.2, 0.25) is 5.91 Å². The fraction of sp³-hybridized carbons (Fsp3) is 0.538. The van der Waals surface area contributed by atoms with Crippen LogP contribution in [0.1, 0.15) is 19.0 Å². The second-order valence-corrected chi connectivity index (χ2v) is 4.61. The van der Waals surface area contributed by atoms with Crippen LogP contribution in [0.4, 0.5) is 5.82 Å². The predicted molar refractivity (Wildman–Crippen MR) is 70.0 cm³/mol. The van der Waals surface area contributed by atoms with Gasteiger partial charge in [0.05, 0.1) is 7.11 Å². The van der Waals surface area contributed by atoms with Gasteiger partial charge < -0.3 is 15.0 Å². The van der Waals surface area contributed by atoms with E-state index in [1.807, 2.05) is 19.1 Å². The summed E-state index contributed by atoms with van der Waals surface area (Å²) in [7, 11) is 1.65. The summed E-state index contributed by atoms with van der Waals surface area (Å²) in [5.74, 6) is 1.67. The number of hydrogen-bond donors (Lipinski definition) is 1. The number of nitrogens with zero attached hydrogens (tertiary/aromatic N) is 2. The number of aromatic nitrogens is 1. The molecule has 0 aromatic carbocycles. The molecule has 0 saturated carbocycles. The molecular formula is C13H19N3O2. The zero-order chi connectivity index (χ0) is 13.1. The lowest BCUT2D eigenvalue weighted by molar-refractivity contribution is -0.119. The van der Waals surface area contributed by atoms with Crippen LogP contribution in [-0.4, -0.2) is 37.1 Å². The molecule has 1 aromatic heterocycles. The molecule has 98 valence electrons. The minimum Gasteiger partial charge on any atom is -0.493 e. The third-order valence-corrected chi connectivity index (χ3v) is 3.09. The Labute approximate surface area is 107 Å². The normalized spacial score (nSPS) is 18.8. The van der Waals surface area contributed by atoms with Gasteiger partial charge in [0.1, 0.15) is 0 Å². The van der Waals surface area contributed by atoms with Gasteiger partial charge in [-0.3, -0.25) is 4.79 Å². The van der Waals surface area contributed by atoms with Crippen LogP contribution in [0, 0.1) is 6.92 Å². The highest BCUT2D eigenvalue weighted by atomic mass is 16.5. The summed E-state index contributed by atoms with van der Waals surface area (Å²) in [5, 5.41) is 2.94. The molecule has 0 radical (unpaired) electrons. The average molecular weight is 249 g/mol. The first-order valence-corrected chi connectivity index (χ1v) is 6.14. The first-order chi connectivity index (χ1) is 8.60. The number of pyridine rings is 1. The van der Waals surface area contributed by atoms with Gasteiger partial charge in [-0.15, -0.1) is 0 Å². The number of methoxy groups -OCH3 is 1. The lowest BCUT2D eigenvalue weighted by atomic mass is 10.2. The van der Waals surface area contributed by atoms with Crippen molar-refractivity contribution in [1.82, 2.24) is 10.3 Å². The zero-order valence-corrected chi connectivity index (χ0v) is 11.1. The number of anilines is 1. The van der Waals surface area contributed by atoms with Crippen molar-refractivity contribution < 1.29 is 9.53 Å². The number of rotatable bonds is 3. The highest BCUT2D eigenvalue weighted by Gasteiger charge is 2.26. The number of amides is 1. The molecule has 1 aliphatic heterocycles. The molecule has 1 aromatic rings. The molecule has 2 heterocycles. The van der Waals surface area contributed by atoms with E-state index in [1.165, 1.54) is 0 Å². The summed E-state index contributed by atoms with van der Waals surface area (Å²) >= 11 is 0. The molecule has 1 atom stereocenters. The maximum absolute atomic E-state index is 11.1. The SMILES string of the molecule is COc1ccc(C)nc1N1CCC(NC(C)=O)C1. The number of ether oxygens (including phenoxy) is 1. The minimum absolute atomic E-state index is 0.0195. The number of nitrogens with one attached hydrogen (secondary N) is 1. The number of aryl methyl sites for hydroxylation is 1. The Morgan fingerprint density at radius 3 is 3.00 bits per heavy atom. The van der Waals surface area contributed by atoms with E-state index < -0.39 is 0 Å². The third-order valence-electron chi connectivity index (χ3n) is 3.09. The molecule has 1 amide bonds. The lowest BCUT2D eigenvalue weighted by Crippen LogP contribution is -2.35. The Kier molecular flexibility index (Phi) is 3.69. The van der Waals surface area contributed by atoms with Gasteiger partial charge in [0.15, 0.2) is 11.6 Å². The second-order valence-electron chi connectivity index (χ2n) is 4.61. The molecule has 1 saturated heterocycles. The van der Waals surface area contributed by atoms with Crippen molar-refractivity contribution in [3.8, 4) is 5.75 Å². The highest BCUT2D eigenvalue weighted by molar-refractivity contribution is 5.73. The number of carbonyl (C=O) groups excluding carboxylic acids is 1. The maximum atomic E-state index is 11.1. The average Bonchev–Trinajstić information content (AvgIpc) is 2.76. The molecule has 0 aliphatic carbocycles. The van der Waals surface area contributed by atoms with E-state index in [0.717, 1.165) is 36.8 Å². The summed E-state index contributed by atoms with van der Waals surface area (Å²) in [6.07, 6.45) is 0.943. The van der Waals surface area contributed by atoms with E-state index in [2.05, 4.69) is 15.2 Å². The number of hydrogen-bond acceptors (Lipinski definition) is 4. The van der Waals surface area contributed by atoms with E-state index in [0.29, 0.717) is 0 Å². The van der Waals surface area contributed by atoms with Gasteiger partial charge in [-0.25, -0.2) is 4.98 Å². The van der Waals surface area contributed by atoms with E-state index in [4.69, 9.17) is 4.74 Å². The summed E-state index contributed by atoms with van der Waals surface area (Å²) in [6, 6.07) is 4.07. The largest absolute Gasteiger partial charge is 0.493 e. The van der Waals surface area contributed by atoms with Crippen LogP contribution >= 0.6 is 0 Å². The molecule has 1 unspecified atom stereocenters. The lowest BCUT2D eigenvalue weighted by Gasteiger charge is -2.20. The first-order valence-electron chi connectivity index (χ1n) is 6.14. The Balaban J connectivity index is 2.13. The Morgan fingerprint density at radius 2 is 2.33 bits per heavy atom. The smallest absolute Gasteiger partial charge is 0.217 e. The molecule has 1 aliphatic rings. The van der Waals surface area contributed by atoms with Gasteiger partial charge in [-0.1, -0.05) is 0 Å². The van der Waals surface area contributed by atoms with E-state index >= 15 is 0 Å². The van der Waals surface area contributed by atoms with E-state index in [-0.39, 0.29) is 11.9 Å². The van der Waals surface area contributed by atoms with Crippen LogP contribution in [-0.2, 0) is 4.79 Å². The van der Waals surface area contributed by atoms with Crippen LogP contribution in [0.15, 0.2) is 12.1 Å². The van der Waals surface area contributed by atoms with Gasteiger partial charge in [-0.2, -0.15) is 0 Å². The van der Waals surface area contributed by atoms with Crippen molar-refractivity contribution in [3.05, 3.63) is 17.8 Å². The fourth-order valence-electron chi connectivity index (χ4n) is 2.27. The van der Waals surface area contributed by atoms with Crippen LogP contribution in [0.5, 0.6) is 5.75 Å². The van der Waals surface area contributed by atoms with Crippen LogP contribution < -0.4 is 15.0 Å². The van der Waals surface area contributed by atoms with Crippen molar-refractivity contribution >= 4 is 11.7 Å². The fourth-order valence-corrected chi connectivity index (χ4v) is 2.27. The Morgan fingerprint density at radius 1 is 1.56 bits per heavy atom. The van der Waals surface area contributed by atoms with Crippen molar-refractivity contribution in [2.24, 2.45) is 0 Å². The molecule has 5 heteroatoms. The maximum Gasteiger partial charge on any atom is 0.217 e. The summed E-state index contributed by atoms with van der Waals surface area (Å²) < 4.78 is 5.34. The third kappa shape index (κ3) is 2.72. The highest BCUT2D eigenvalue weighted by Crippen LogP contribution is 2.28. The molecular weight excluding hydrogens is 230 g/mol. The summed E-state index contributed by atoms with van der Waals surface area (Å²) in [4.78, 5) is 17.7.